The number of hydrogen-bond acceptors (Lipinski definition) is 5. The van der Waals surface area contributed by atoms with Gasteiger partial charge >= 0.3 is 0 Å². The minimum atomic E-state index is -0.518. The first-order valence-corrected chi connectivity index (χ1v) is 16.9. The molecule has 0 aromatic heterocycles. The molecular formula is C38H45ClFNO4. The molecule has 0 spiro atoms. The quantitative estimate of drug-likeness (QED) is 0.304. The maximum absolute atomic E-state index is 14.3. The van der Waals surface area contributed by atoms with E-state index in [1.165, 1.54) is 18.6 Å². The molecule has 0 bridgehead atoms. The van der Waals surface area contributed by atoms with E-state index in [9.17, 15) is 14.0 Å². The number of halogens is 2. The third-order valence-electron chi connectivity index (χ3n) is 9.83. The van der Waals surface area contributed by atoms with Crippen LogP contribution in [0.1, 0.15) is 109 Å². The van der Waals surface area contributed by atoms with Gasteiger partial charge in [0.2, 0.25) is 0 Å². The SMILES string of the molecule is CCOc1cc(C2C3=C(CC(C)(C)CC3=O)N(C3CCCCC3)C3=C2C(=O)CC(C)(C)C3)cc(Cl)c1OCc1cccc(F)c1. The summed E-state index contributed by atoms with van der Waals surface area (Å²) in [7, 11) is 0. The molecule has 3 aliphatic carbocycles. The van der Waals surface area contributed by atoms with Gasteiger partial charge in [-0.3, -0.25) is 9.59 Å². The summed E-state index contributed by atoms with van der Waals surface area (Å²) >= 11 is 6.96. The predicted octanol–water partition coefficient (Wildman–Crippen LogP) is 9.48. The van der Waals surface area contributed by atoms with Gasteiger partial charge in [-0.25, -0.2) is 4.39 Å². The molecule has 5 nitrogen and oxygen atoms in total. The highest BCUT2D eigenvalue weighted by molar-refractivity contribution is 6.32. The Hall–Kier alpha value is -3.12. The molecule has 45 heavy (non-hydrogen) atoms. The molecule has 240 valence electrons. The van der Waals surface area contributed by atoms with Crippen molar-refractivity contribution < 1.29 is 23.5 Å². The summed E-state index contributed by atoms with van der Waals surface area (Å²) in [5, 5.41) is 0.332. The lowest BCUT2D eigenvalue weighted by atomic mass is 9.63. The topological polar surface area (TPSA) is 55.8 Å². The molecule has 0 radical (unpaired) electrons. The molecule has 2 aromatic carbocycles. The maximum Gasteiger partial charge on any atom is 0.180 e. The van der Waals surface area contributed by atoms with Crippen LogP contribution < -0.4 is 9.47 Å². The van der Waals surface area contributed by atoms with Gasteiger partial charge in [0.1, 0.15) is 12.4 Å². The van der Waals surface area contributed by atoms with Crippen molar-refractivity contribution >= 4 is 23.2 Å². The van der Waals surface area contributed by atoms with Crippen LogP contribution in [0, 0.1) is 16.6 Å². The van der Waals surface area contributed by atoms with E-state index in [1.54, 1.807) is 12.1 Å². The van der Waals surface area contributed by atoms with Crippen LogP contribution in [0.25, 0.3) is 0 Å². The second-order valence-corrected chi connectivity index (χ2v) is 15.3. The van der Waals surface area contributed by atoms with Crippen LogP contribution in [0.4, 0.5) is 4.39 Å². The highest BCUT2D eigenvalue weighted by Crippen LogP contribution is 2.56. The molecule has 6 rings (SSSR count). The number of benzene rings is 2. The lowest BCUT2D eigenvalue weighted by molar-refractivity contribution is -0.119. The second kappa shape index (κ2) is 12.2. The van der Waals surface area contributed by atoms with E-state index in [0.717, 1.165) is 66.6 Å². The van der Waals surface area contributed by atoms with Crippen LogP contribution in [0.5, 0.6) is 11.5 Å². The van der Waals surface area contributed by atoms with Crippen molar-refractivity contribution in [2.24, 2.45) is 10.8 Å². The minimum absolute atomic E-state index is 0.108. The van der Waals surface area contributed by atoms with Crippen LogP contribution in [0.15, 0.2) is 58.9 Å². The molecule has 1 fully saturated rings. The minimum Gasteiger partial charge on any atom is -0.490 e. The fraction of sp³-hybridized carbons (Fsp3) is 0.526. The van der Waals surface area contributed by atoms with Crippen molar-refractivity contribution in [1.82, 2.24) is 4.90 Å². The molecule has 7 heteroatoms. The number of ether oxygens (including phenoxy) is 2. The summed E-state index contributed by atoms with van der Waals surface area (Å²) in [6, 6.07) is 10.3. The van der Waals surface area contributed by atoms with Gasteiger partial charge in [0.05, 0.1) is 11.6 Å². The first kappa shape index (κ1) is 31.8. The van der Waals surface area contributed by atoms with Gasteiger partial charge in [-0.05, 0) is 78.8 Å². The fourth-order valence-electron chi connectivity index (χ4n) is 8.05. The van der Waals surface area contributed by atoms with Crippen LogP contribution in [0.3, 0.4) is 0 Å². The van der Waals surface area contributed by atoms with Gasteiger partial charge in [0.25, 0.3) is 0 Å². The Balaban J connectivity index is 1.51. The van der Waals surface area contributed by atoms with Crippen LogP contribution in [-0.4, -0.2) is 29.1 Å². The molecule has 0 unspecified atom stereocenters. The number of rotatable bonds is 7. The third-order valence-corrected chi connectivity index (χ3v) is 10.1. The zero-order valence-electron chi connectivity index (χ0n) is 27.2. The Kier molecular flexibility index (Phi) is 8.66. The number of ketones is 2. The number of carbonyl (C=O) groups is 2. The zero-order chi connectivity index (χ0) is 32.1. The van der Waals surface area contributed by atoms with Crippen molar-refractivity contribution in [2.45, 2.75) is 111 Å². The van der Waals surface area contributed by atoms with Gasteiger partial charge in [-0.2, -0.15) is 0 Å². The molecule has 0 saturated heterocycles. The highest BCUT2D eigenvalue weighted by atomic mass is 35.5. The highest BCUT2D eigenvalue weighted by Gasteiger charge is 2.50. The number of nitrogens with zero attached hydrogens (tertiary/aromatic N) is 1. The number of Topliss-reactive ketones (excluding diaryl/α,β-unsaturated/α-hetero) is 2. The summed E-state index contributed by atoms with van der Waals surface area (Å²) in [5.41, 5.74) is 4.77. The zero-order valence-corrected chi connectivity index (χ0v) is 28.0. The Morgan fingerprint density at radius 1 is 0.867 bits per heavy atom. The Morgan fingerprint density at radius 2 is 1.49 bits per heavy atom. The van der Waals surface area contributed by atoms with Crippen molar-refractivity contribution in [3.8, 4) is 11.5 Å². The van der Waals surface area contributed by atoms with Crippen molar-refractivity contribution in [1.29, 1.82) is 0 Å². The van der Waals surface area contributed by atoms with Crippen LogP contribution >= 0.6 is 11.6 Å². The molecule has 1 heterocycles. The summed E-state index contributed by atoms with van der Waals surface area (Å²) in [6.07, 6.45) is 8.13. The normalized spacial score (nSPS) is 22.0. The van der Waals surface area contributed by atoms with E-state index >= 15 is 0 Å². The largest absolute Gasteiger partial charge is 0.490 e. The van der Waals surface area contributed by atoms with Gasteiger partial charge in [-0.15, -0.1) is 0 Å². The van der Waals surface area contributed by atoms with Crippen molar-refractivity contribution in [2.75, 3.05) is 6.61 Å². The molecule has 1 aliphatic heterocycles. The number of carbonyl (C=O) groups excluding carboxylic acids is 2. The van der Waals surface area contributed by atoms with E-state index in [2.05, 4.69) is 32.6 Å². The predicted molar refractivity (Wildman–Crippen MR) is 175 cm³/mol. The molecule has 1 saturated carbocycles. The van der Waals surface area contributed by atoms with Crippen LogP contribution in [0.2, 0.25) is 5.02 Å². The van der Waals surface area contributed by atoms with Gasteiger partial charge in [-0.1, -0.05) is 70.7 Å². The third kappa shape index (κ3) is 6.32. The molecule has 0 atom stereocenters. The summed E-state index contributed by atoms with van der Waals surface area (Å²) in [5.74, 6) is 0.171. The van der Waals surface area contributed by atoms with E-state index in [1.807, 2.05) is 19.1 Å². The smallest absolute Gasteiger partial charge is 0.180 e. The average Bonchev–Trinajstić information content (AvgIpc) is 2.95. The maximum atomic E-state index is 14.3. The second-order valence-electron chi connectivity index (χ2n) is 14.9. The molecule has 2 aromatic rings. The Morgan fingerprint density at radius 3 is 2.07 bits per heavy atom. The average molecular weight is 634 g/mol. The molecular weight excluding hydrogens is 589 g/mol. The molecule has 4 aliphatic rings. The van der Waals surface area contributed by atoms with Crippen molar-refractivity contribution in [3.63, 3.8) is 0 Å². The first-order chi connectivity index (χ1) is 21.4. The summed E-state index contributed by atoms with van der Waals surface area (Å²) < 4.78 is 26.0. The van der Waals surface area contributed by atoms with Gasteiger partial charge in [0, 0.05) is 47.3 Å². The molecule has 0 amide bonds. The lowest BCUT2D eigenvalue weighted by Gasteiger charge is -2.52. The monoisotopic (exact) mass is 633 g/mol. The Labute approximate surface area is 271 Å². The summed E-state index contributed by atoms with van der Waals surface area (Å²) in [6.45, 7) is 11.1. The van der Waals surface area contributed by atoms with Crippen LogP contribution in [-0.2, 0) is 16.2 Å². The number of hydrogen-bond donors (Lipinski definition) is 0. The van der Waals surface area contributed by atoms with Crippen molar-refractivity contribution in [3.05, 3.63) is 80.9 Å². The van der Waals surface area contributed by atoms with E-state index in [-0.39, 0.29) is 34.8 Å². The lowest BCUT2D eigenvalue weighted by Crippen LogP contribution is -2.48. The Bertz CT molecular complexity index is 1530. The number of allylic oxidation sites excluding steroid dienone is 4. The molecule has 0 N–H and O–H groups in total. The standard InChI is InChI=1S/C38H45ClFNO4/c1-6-44-32-17-24(16-27(39)36(32)45-22-23-11-10-12-25(40)15-23)33-34-28(18-37(2,3)20-30(34)42)41(26-13-8-7-9-14-26)29-19-38(4,5)21-31(43)35(29)33/h10-12,15-17,26,33H,6-9,13-14,18-22H2,1-5H3. The summed E-state index contributed by atoms with van der Waals surface area (Å²) in [4.78, 5) is 31.0. The van der Waals surface area contributed by atoms with Gasteiger partial charge in [0.15, 0.2) is 23.1 Å². The van der Waals surface area contributed by atoms with E-state index in [4.69, 9.17) is 21.1 Å². The first-order valence-electron chi connectivity index (χ1n) is 16.5. The fourth-order valence-corrected chi connectivity index (χ4v) is 8.32. The van der Waals surface area contributed by atoms with E-state index in [0.29, 0.717) is 47.6 Å². The van der Waals surface area contributed by atoms with E-state index < -0.39 is 5.92 Å². The van der Waals surface area contributed by atoms with Gasteiger partial charge < -0.3 is 14.4 Å².